The highest BCUT2D eigenvalue weighted by molar-refractivity contribution is 9.09. The van der Waals surface area contributed by atoms with Crippen LogP contribution in [0.25, 0.3) is 0 Å². The van der Waals surface area contributed by atoms with Gasteiger partial charge in [-0.3, -0.25) is 14.3 Å². The van der Waals surface area contributed by atoms with E-state index in [4.69, 9.17) is 9.84 Å². The molecular formula is C11H15BrN2O6. The van der Waals surface area contributed by atoms with Gasteiger partial charge in [0.2, 0.25) is 0 Å². The Labute approximate surface area is 121 Å². The third-order valence-corrected chi connectivity index (χ3v) is 3.81. The minimum Gasteiger partial charge on any atom is -0.394 e. The minimum atomic E-state index is -1.06. The zero-order valence-electron chi connectivity index (χ0n) is 10.4. The summed E-state index contributed by atoms with van der Waals surface area (Å²) in [5, 5.41) is 28.5. The molecule has 0 aromatic carbocycles. The molecule has 1 aliphatic heterocycles. The van der Waals surface area contributed by atoms with E-state index in [0.717, 1.165) is 4.57 Å². The quantitative estimate of drug-likeness (QED) is 0.495. The van der Waals surface area contributed by atoms with Crippen molar-refractivity contribution in [2.45, 2.75) is 31.0 Å². The van der Waals surface area contributed by atoms with Crippen LogP contribution in [0.15, 0.2) is 15.8 Å². The molecule has 1 aromatic heterocycles. The number of aliphatic hydroxyl groups excluding tert-OH is 3. The highest BCUT2D eigenvalue weighted by Gasteiger charge is 2.35. The number of aromatic amines is 1. The van der Waals surface area contributed by atoms with Crippen LogP contribution in [0.2, 0.25) is 0 Å². The van der Waals surface area contributed by atoms with Crippen molar-refractivity contribution in [2.24, 2.45) is 0 Å². The van der Waals surface area contributed by atoms with Crippen molar-refractivity contribution in [3.63, 3.8) is 0 Å². The van der Waals surface area contributed by atoms with Gasteiger partial charge in [0.1, 0.15) is 12.3 Å². The molecule has 20 heavy (non-hydrogen) atoms. The summed E-state index contributed by atoms with van der Waals surface area (Å²) in [6.45, 7) is -0.368. The molecule has 0 saturated carbocycles. The smallest absolute Gasteiger partial charge is 0.330 e. The van der Waals surface area contributed by atoms with E-state index in [9.17, 15) is 19.8 Å². The van der Waals surface area contributed by atoms with Crippen molar-refractivity contribution in [3.8, 4) is 0 Å². The van der Waals surface area contributed by atoms with Crippen LogP contribution in [0.5, 0.6) is 0 Å². The van der Waals surface area contributed by atoms with Crippen molar-refractivity contribution in [1.82, 2.24) is 9.55 Å². The number of rotatable bonds is 4. The maximum atomic E-state index is 11.8. The first-order chi connectivity index (χ1) is 9.47. The molecule has 4 atom stereocenters. The first-order valence-corrected chi connectivity index (χ1v) is 7.13. The van der Waals surface area contributed by atoms with E-state index >= 15 is 0 Å². The number of aromatic nitrogens is 2. The molecule has 1 aromatic rings. The summed E-state index contributed by atoms with van der Waals surface area (Å²) in [7, 11) is 0. The second-order valence-corrected chi connectivity index (χ2v) is 5.18. The van der Waals surface area contributed by atoms with E-state index in [0.29, 0.717) is 0 Å². The predicted molar refractivity (Wildman–Crippen MR) is 71.7 cm³/mol. The van der Waals surface area contributed by atoms with Gasteiger partial charge >= 0.3 is 5.69 Å². The van der Waals surface area contributed by atoms with Gasteiger partial charge in [0, 0.05) is 17.9 Å². The van der Waals surface area contributed by atoms with Crippen LogP contribution in [0.3, 0.4) is 0 Å². The Bertz CT molecular complexity index is 585. The number of nitrogens with zero attached hydrogens (tertiary/aromatic N) is 1. The summed E-state index contributed by atoms with van der Waals surface area (Å²) in [5.74, 6) is 0. The molecule has 1 aliphatic rings. The number of nitrogens with one attached hydrogen (secondary N) is 1. The third-order valence-electron chi connectivity index (χ3n) is 3.19. The van der Waals surface area contributed by atoms with Crippen LogP contribution < -0.4 is 11.2 Å². The van der Waals surface area contributed by atoms with Gasteiger partial charge in [0.15, 0.2) is 0 Å². The molecular weight excluding hydrogens is 336 g/mol. The average Bonchev–Trinajstić information content (AvgIpc) is 2.79. The van der Waals surface area contributed by atoms with Crippen molar-refractivity contribution in [2.75, 3.05) is 11.9 Å². The van der Waals surface area contributed by atoms with Crippen molar-refractivity contribution < 1.29 is 20.1 Å². The van der Waals surface area contributed by atoms with Crippen LogP contribution in [0.4, 0.5) is 0 Å². The molecule has 1 saturated heterocycles. The van der Waals surface area contributed by atoms with E-state index in [1.54, 1.807) is 0 Å². The Morgan fingerprint density at radius 2 is 2.25 bits per heavy atom. The minimum absolute atomic E-state index is 0.0204. The van der Waals surface area contributed by atoms with Gasteiger partial charge in [-0.2, -0.15) is 0 Å². The van der Waals surface area contributed by atoms with E-state index in [2.05, 4.69) is 20.9 Å². The molecule has 0 aliphatic carbocycles. The molecule has 9 heteroatoms. The van der Waals surface area contributed by atoms with Gasteiger partial charge in [-0.25, -0.2) is 4.79 Å². The Morgan fingerprint density at radius 1 is 1.55 bits per heavy atom. The number of alkyl halides is 1. The molecule has 112 valence electrons. The highest BCUT2D eigenvalue weighted by Crippen LogP contribution is 2.27. The normalized spacial score (nSPS) is 27.7. The maximum Gasteiger partial charge on any atom is 0.330 e. The lowest BCUT2D eigenvalue weighted by molar-refractivity contribution is -0.0461. The summed E-state index contributed by atoms with van der Waals surface area (Å²) in [5.41, 5.74) is -1.35. The van der Waals surface area contributed by atoms with Gasteiger partial charge in [0.05, 0.1) is 24.4 Å². The van der Waals surface area contributed by atoms with Crippen LogP contribution in [0.1, 0.15) is 24.3 Å². The number of H-pyrrole nitrogens is 1. The number of halogens is 1. The SMILES string of the molecule is O=c1[nH]c(=O)n([C@H]2C[C@H](O)[C@@H](CO)O2)cc1[C@@H](O)CBr. The van der Waals surface area contributed by atoms with E-state index in [-0.39, 0.29) is 23.9 Å². The fourth-order valence-electron chi connectivity index (χ4n) is 2.09. The molecule has 0 unspecified atom stereocenters. The molecule has 2 rings (SSSR count). The molecule has 8 nitrogen and oxygen atoms in total. The van der Waals surface area contributed by atoms with Crippen LogP contribution in [-0.4, -0.2) is 49.0 Å². The van der Waals surface area contributed by atoms with E-state index in [1.165, 1.54) is 6.20 Å². The van der Waals surface area contributed by atoms with Crippen molar-refractivity contribution >= 4 is 15.9 Å². The van der Waals surface area contributed by atoms with Gasteiger partial charge in [-0.1, -0.05) is 15.9 Å². The van der Waals surface area contributed by atoms with Crippen molar-refractivity contribution in [3.05, 3.63) is 32.6 Å². The maximum absolute atomic E-state index is 11.8. The molecule has 1 fully saturated rings. The van der Waals surface area contributed by atoms with Crippen LogP contribution in [0, 0.1) is 0 Å². The second kappa shape index (κ2) is 6.19. The lowest BCUT2D eigenvalue weighted by Crippen LogP contribution is -2.35. The molecule has 0 spiro atoms. The van der Waals surface area contributed by atoms with Crippen molar-refractivity contribution in [1.29, 1.82) is 0 Å². The van der Waals surface area contributed by atoms with Gasteiger partial charge in [-0.15, -0.1) is 0 Å². The number of ether oxygens (including phenoxy) is 1. The predicted octanol–water partition coefficient (Wildman–Crippen LogP) is -1.39. The third kappa shape index (κ3) is 2.86. The summed E-state index contributed by atoms with van der Waals surface area (Å²) >= 11 is 3.05. The zero-order valence-corrected chi connectivity index (χ0v) is 12.0. The Balaban J connectivity index is 2.38. The average molecular weight is 351 g/mol. The standard InChI is InChI=1S/C11H15BrN2O6/c12-2-7(17)5-3-14(11(19)13-10(5)18)9-1-6(16)8(4-15)20-9/h3,6-9,15-17H,1-2,4H2,(H,13,18,19)/t6-,7-,8+,9+/m0/s1. The second-order valence-electron chi connectivity index (χ2n) is 4.54. The van der Waals surface area contributed by atoms with Crippen LogP contribution >= 0.6 is 15.9 Å². The summed E-state index contributed by atoms with van der Waals surface area (Å²) in [6, 6.07) is 0. The van der Waals surface area contributed by atoms with E-state index < -0.39 is 35.8 Å². The molecule has 0 radical (unpaired) electrons. The van der Waals surface area contributed by atoms with Gasteiger partial charge in [-0.05, 0) is 0 Å². The highest BCUT2D eigenvalue weighted by atomic mass is 79.9. The molecule has 0 bridgehead atoms. The summed E-state index contributed by atoms with van der Waals surface area (Å²) < 4.78 is 6.44. The Morgan fingerprint density at radius 3 is 2.80 bits per heavy atom. The van der Waals surface area contributed by atoms with Gasteiger partial charge in [0.25, 0.3) is 5.56 Å². The van der Waals surface area contributed by atoms with Crippen LogP contribution in [-0.2, 0) is 4.74 Å². The topological polar surface area (TPSA) is 125 Å². The first kappa shape index (κ1) is 15.4. The number of hydrogen-bond donors (Lipinski definition) is 4. The molecule has 4 N–H and O–H groups in total. The largest absolute Gasteiger partial charge is 0.394 e. The lowest BCUT2D eigenvalue weighted by Gasteiger charge is -2.16. The fraction of sp³-hybridized carbons (Fsp3) is 0.636. The number of aliphatic hydroxyl groups is 3. The Hall–Kier alpha value is -1.00. The van der Waals surface area contributed by atoms with E-state index in [1.807, 2.05) is 0 Å². The molecule has 0 amide bonds. The number of hydrogen-bond acceptors (Lipinski definition) is 6. The first-order valence-electron chi connectivity index (χ1n) is 6.01. The lowest BCUT2D eigenvalue weighted by atomic mass is 10.2. The molecule has 2 heterocycles. The summed E-state index contributed by atoms with van der Waals surface area (Å²) in [4.78, 5) is 25.5. The Kier molecular flexibility index (Phi) is 4.76. The van der Waals surface area contributed by atoms with Gasteiger partial charge < -0.3 is 20.1 Å². The fourth-order valence-corrected chi connectivity index (χ4v) is 2.43. The monoisotopic (exact) mass is 350 g/mol. The zero-order chi connectivity index (χ0) is 14.9. The summed E-state index contributed by atoms with van der Waals surface area (Å²) in [6.07, 6.45) is -2.21.